The maximum atomic E-state index is 11.6. The lowest BCUT2D eigenvalue weighted by atomic mass is 10.2. The molecule has 0 amide bonds. The van der Waals surface area contributed by atoms with E-state index in [2.05, 4.69) is 5.43 Å². The monoisotopic (exact) mass is 170 g/mol. The molecule has 1 aromatic carbocycles. The molecule has 64 valence electrons. The first-order valence-electron chi connectivity index (χ1n) is 3.19. The van der Waals surface area contributed by atoms with Crippen LogP contribution in [0.1, 0.15) is 10.4 Å². The molecule has 1 aromatic rings. The Labute approximate surface area is 67.9 Å². The number of hydrogen-bond acceptors (Lipinski definition) is 3. The lowest BCUT2D eigenvalue weighted by Crippen LogP contribution is -2.13. The number of para-hydroxylation sites is 1. The number of aromatic carboxylic acids is 1. The second-order valence-electron chi connectivity index (χ2n) is 2.07. The molecule has 0 aliphatic heterocycles. The minimum atomic E-state index is -1.10. The van der Waals surface area contributed by atoms with Crippen LogP contribution in [-0.4, -0.2) is 11.1 Å². The van der Waals surface area contributed by atoms with Gasteiger partial charge in [0.05, 0.1) is 11.3 Å². The number of carboxylic acid groups (broad SMARTS) is 1. The predicted molar refractivity (Wildman–Crippen MR) is 41.3 cm³/mol. The highest BCUT2D eigenvalue weighted by atomic mass is 19.2. The molecule has 0 aliphatic carbocycles. The van der Waals surface area contributed by atoms with Crippen LogP contribution in [0.2, 0.25) is 0 Å². The fourth-order valence-electron chi connectivity index (χ4n) is 0.830. The maximum absolute atomic E-state index is 11.6. The van der Waals surface area contributed by atoms with Gasteiger partial charge >= 0.3 is 5.97 Å². The van der Waals surface area contributed by atoms with E-state index in [1.165, 1.54) is 17.8 Å². The SMILES string of the molecule is O=C(O)c1ccccc1NNF. The summed E-state index contributed by atoms with van der Waals surface area (Å²) in [6, 6.07) is 6.00. The van der Waals surface area contributed by atoms with Crippen molar-refractivity contribution in [3.63, 3.8) is 0 Å². The Kier molecular flexibility index (Phi) is 2.60. The molecule has 12 heavy (non-hydrogen) atoms. The number of nitrogens with one attached hydrogen (secondary N) is 2. The Balaban J connectivity index is 3.00. The van der Waals surface area contributed by atoms with E-state index in [0.29, 0.717) is 0 Å². The summed E-state index contributed by atoms with van der Waals surface area (Å²) in [5.41, 5.74) is 3.43. The minimum Gasteiger partial charge on any atom is -0.478 e. The first kappa shape index (κ1) is 8.48. The quantitative estimate of drug-likeness (QED) is 0.471. The smallest absolute Gasteiger partial charge is 0.337 e. The highest BCUT2D eigenvalue weighted by Gasteiger charge is 2.07. The van der Waals surface area contributed by atoms with Crippen molar-refractivity contribution in [3.05, 3.63) is 29.8 Å². The van der Waals surface area contributed by atoms with Gasteiger partial charge in [0.2, 0.25) is 0 Å². The van der Waals surface area contributed by atoms with Gasteiger partial charge in [-0.15, -0.1) is 4.48 Å². The third-order valence-corrected chi connectivity index (χ3v) is 1.34. The molecule has 0 bridgehead atoms. The number of hydrogen-bond donors (Lipinski definition) is 3. The van der Waals surface area contributed by atoms with Crippen molar-refractivity contribution >= 4 is 11.7 Å². The highest BCUT2D eigenvalue weighted by Crippen LogP contribution is 2.13. The molecule has 0 spiro atoms. The number of anilines is 1. The molecule has 4 nitrogen and oxygen atoms in total. The van der Waals surface area contributed by atoms with Gasteiger partial charge in [0.15, 0.2) is 0 Å². The summed E-state index contributed by atoms with van der Waals surface area (Å²) >= 11 is 0. The summed E-state index contributed by atoms with van der Waals surface area (Å²) in [6.45, 7) is 0. The third kappa shape index (κ3) is 1.70. The lowest BCUT2D eigenvalue weighted by molar-refractivity contribution is 0.0698. The largest absolute Gasteiger partial charge is 0.478 e. The van der Waals surface area contributed by atoms with Crippen LogP contribution in [0.5, 0.6) is 0 Å². The highest BCUT2D eigenvalue weighted by molar-refractivity contribution is 5.93. The molecule has 0 saturated heterocycles. The summed E-state index contributed by atoms with van der Waals surface area (Å²) in [4.78, 5) is 10.5. The molecule has 0 aliphatic rings. The van der Waals surface area contributed by atoms with Gasteiger partial charge in [-0.25, -0.2) is 4.79 Å². The topological polar surface area (TPSA) is 61.4 Å². The van der Waals surface area contributed by atoms with Gasteiger partial charge in [-0.1, -0.05) is 17.8 Å². The maximum Gasteiger partial charge on any atom is 0.337 e. The molecular weight excluding hydrogens is 163 g/mol. The van der Waals surface area contributed by atoms with E-state index in [1.54, 1.807) is 12.1 Å². The summed E-state index contributed by atoms with van der Waals surface area (Å²) in [5, 5.41) is 8.60. The summed E-state index contributed by atoms with van der Waals surface area (Å²) < 4.78 is 11.6. The van der Waals surface area contributed by atoms with E-state index in [-0.39, 0.29) is 11.3 Å². The molecule has 3 N–H and O–H groups in total. The van der Waals surface area contributed by atoms with Crippen LogP contribution in [0.15, 0.2) is 24.3 Å². The van der Waals surface area contributed by atoms with E-state index >= 15 is 0 Å². The number of carbonyl (C=O) groups is 1. The average molecular weight is 170 g/mol. The van der Waals surface area contributed by atoms with Crippen LogP contribution >= 0.6 is 0 Å². The summed E-state index contributed by atoms with van der Waals surface area (Å²) in [5.74, 6) is -1.10. The molecule has 0 heterocycles. The van der Waals surface area contributed by atoms with Crippen LogP contribution < -0.4 is 11.1 Å². The fraction of sp³-hybridized carbons (Fsp3) is 0. The van der Waals surface area contributed by atoms with Crippen LogP contribution in [0.3, 0.4) is 0 Å². The first-order valence-corrected chi connectivity index (χ1v) is 3.19. The zero-order valence-corrected chi connectivity index (χ0v) is 6.04. The van der Waals surface area contributed by atoms with Crippen molar-refractivity contribution in [3.8, 4) is 0 Å². The minimum absolute atomic E-state index is 0.0163. The second-order valence-corrected chi connectivity index (χ2v) is 2.07. The number of benzene rings is 1. The Morgan fingerprint density at radius 2 is 2.08 bits per heavy atom. The van der Waals surface area contributed by atoms with Crippen molar-refractivity contribution in [1.29, 1.82) is 0 Å². The van der Waals surface area contributed by atoms with Gasteiger partial charge in [-0.05, 0) is 12.1 Å². The van der Waals surface area contributed by atoms with Crippen LogP contribution in [0.4, 0.5) is 10.2 Å². The van der Waals surface area contributed by atoms with Crippen molar-refractivity contribution < 1.29 is 14.4 Å². The molecule has 0 aromatic heterocycles. The second kappa shape index (κ2) is 3.68. The van der Waals surface area contributed by atoms with E-state index in [4.69, 9.17) is 5.11 Å². The van der Waals surface area contributed by atoms with Crippen molar-refractivity contribution in [2.75, 3.05) is 5.43 Å². The van der Waals surface area contributed by atoms with E-state index in [0.717, 1.165) is 0 Å². The molecule has 0 radical (unpaired) electrons. The average Bonchev–Trinajstić information content (AvgIpc) is 2.05. The van der Waals surface area contributed by atoms with Gasteiger partial charge in [0, 0.05) is 0 Å². The summed E-state index contributed by atoms with van der Waals surface area (Å²) in [6.07, 6.45) is 0. The van der Waals surface area contributed by atoms with Gasteiger partial charge in [0.25, 0.3) is 0 Å². The molecule has 0 unspecified atom stereocenters. The number of rotatable bonds is 3. The van der Waals surface area contributed by atoms with Gasteiger partial charge in [-0.2, -0.15) is 0 Å². The first-order chi connectivity index (χ1) is 5.75. The normalized spacial score (nSPS) is 9.42. The van der Waals surface area contributed by atoms with Crippen molar-refractivity contribution in [1.82, 2.24) is 5.65 Å². The molecule has 0 atom stereocenters. The van der Waals surface area contributed by atoms with Crippen LogP contribution in [-0.2, 0) is 0 Å². The standard InChI is InChI=1S/C7H7FN2O2/c8-10-9-6-4-2-1-3-5(6)7(11)12/h1-4,9-10H,(H,11,12). The number of hydrazine groups is 1. The van der Waals surface area contributed by atoms with E-state index in [1.807, 2.05) is 0 Å². The van der Waals surface area contributed by atoms with Crippen LogP contribution in [0, 0.1) is 0 Å². The van der Waals surface area contributed by atoms with E-state index < -0.39 is 5.97 Å². The summed E-state index contributed by atoms with van der Waals surface area (Å²) in [7, 11) is 0. The molecular formula is C7H7FN2O2. The van der Waals surface area contributed by atoms with Crippen molar-refractivity contribution in [2.45, 2.75) is 0 Å². The van der Waals surface area contributed by atoms with Gasteiger partial charge in [0.1, 0.15) is 0 Å². The van der Waals surface area contributed by atoms with Gasteiger partial charge < -0.3 is 5.11 Å². The lowest BCUT2D eigenvalue weighted by Gasteiger charge is -2.04. The molecule has 0 fully saturated rings. The van der Waals surface area contributed by atoms with Gasteiger partial charge in [-0.3, -0.25) is 5.43 Å². The zero-order chi connectivity index (χ0) is 8.97. The molecule has 5 heteroatoms. The Hall–Kier alpha value is -1.62. The number of carboxylic acids is 1. The van der Waals surface area contributed by atoms with Crippen LogP contribution in [0.25, 0.3) is 0 Å². The Morgan fingerprint density at radius 1 is 1.42 bits per heavy atom. The van der Waals surface area contributed by atoms with Crippen molar-refractivity contribution in [2.24, 2.45) is 0 Å². The Morgan fingerprint density at radius 3 is 2.67 bits per heavy atom. The fourth-order valence-corrected chi connectivity index (χ4v) is 0.830. The zero-order valence-electron chi connectivity index (χ0n) is 6.04. The predicted octanol–water partition coefficient (Wildman–Crippen LogP) is 1.19. The number of halogens is 1. The molecule has 1 rings (SSSR count). The molecule has 0 saturated carbocycles. The third-order valence-electron chi connectivity index (χ3n) is 1.34. The Bertz CT molecular complexity index is 290. The van der Waals surface area contributed by atoms with E-state index in [9.17, 15) is 9.28 Å².